The van der Waals surface area contributed by atoms with Crippen molar-refractivity contribution < 1.29 is 14.4 Å². The average Bonchev–Trinajstić information content (AvgIpc) is 2.69. The number of ketones is 1. The van der Waals surface area contributed by atoms with Crippen molar-refractivity contribution in [2.45, 2.75) is 6.92 Å². The van der Waals surface area contributed by atoms with Crippen molar-refractivity contribution in [1.29, 1.82) is 0 Å². The molecule has 0 radical (unpaired) electrons. The van der Waals surface area contributed by atoms with Gasteiger partial charge in [-0.2, -0.15) is 0 Å². The number of amides is 2. The molecule has 134 valence electrons. The molecule has 2 amide bonds. The highest BCUT2D eigenvalue weighted by atomic mass is 16.2. The Morgan fingerprint density at radius 1 is 0.593 bits per heavy atom. The van der Waals surface area contributed by atoms with E-state index in [-0.39, 0.29) is 17.6 Å². The highest BCUT2D eigenvalue weighted by Gasteiger charge is 2.11. The van der Waals surface area contributed by atoms with Gasteiger partial charge in [-0.25, -0.2) is 0 Å². The summed E-state index contributed by atoms with van der Waals surface area (Å²) in [6, 6.07) is 22.3. The Morgan fingerprint density at radius 2 is 1.11 bits per heavy atom. The average molecular weight is 358 g/mol. The SMILES string of the molecule is CC(=O)c1cccc(NC(=O)c2cccc(C(=O)Nc3ccccc3)c2)c1. The summed E-state index contributed by atoms with van der Waals surface area (Å²) in [5.41, 5.74) is 2.45. The number of para-hydroxylation sites is 1. The number of Topliss-reactive ketones (excluding diaryl/α,β-unsaturated/α-hetero) is 1. The maximum atomic E-state index is 12.5. The monoisotopic (exact) mass is 358 g/mol. The van der Waals surface area contributed by atoms with Crippen LogP contribution in [0.2, 0.25) is 0 Å². The minimum Gasteiger partial charge on any atom is -0.322 e. The lowest BCUT2D eigenvalue weighted by Gasteiger charge is -2.09. The topological polar surface area (TPSA) is 75.3 Å². The Kier molecular flexibility index (Phi) is 5.42. The van der Waals surface area contributed by atoms with Crippen LogP contribution < -0.4 is 10.6 Å². The fraction of sp³-hybridized carbons (Fsp3) is 0.0455. The first-order valence-corrected chi connectivity index (χ1v) is 8.42. The fourth-order valence-corrected chi connectivity index (χ4v) is 2.55. The third kappa shape index (κ3) is 4.67. The van der Waals surface area contributed by atoms with Crippen LogP contribution in [0.25, 0.3) is 0 Å². The van der Waals surface area contributed by atoms with E-state index in [9.17, 15) is 14.4 Å². The minimum absolute atomic E-state index is 0.0781. The van der Waals surface area contributed by atoms with E-state index in [2.05, 4.69) is 10.6 Å². The van der Waals surface area contributed by atoms with Gasteiger partial charge in [-0.3, -0.25) is 14.4 Å². The molecule has 0 spiro atoms. The molecule has 0 bridgehead atoms. The van der Waals surface area contributed by atoms with E-state index in [1.54, 1.807) is 54.6 Å². The van der Waals surface area contributed by atoms with Gasteiger partial charge >= 0.3 is 0 Å². The third-order valence-electron chi connectivity index (χ3n) is 3.95. The van der Waals surface area contributed by atoms with Crippen molar-refractivity contribution in [3.63, 3.8) is 0 Å². The van der Waals surface area contributed by atoms with E-state index in [1.807, 2.05) is 18.2 Å². The third-order valence-corrected chi connectivity index (χ3v) is 3.95. The van der Waals surface area contributed by atoms with Gasteiger partial charge in [0.2, 0.25) is 0 Å². The van der Waals surface area contributed by atoms with Crippen molar-refractivity contribution in [3.8, 4) is 0 Å². The summed E-state index contributed by atoms with van der Waals surface area (Å²) in [4.78, 5) is 36.4. The summed E-state index contributed by atoms with van der Waals surface area (Å²) in [6.45, 7) is 1.47. The summed E-state index contributed by atoms with van der Waals surface area (Å²) < 4.78 is 0. The van der Waals surface area contributed by atoms with Gasteiger partial charge in [0.25, 0.3) is 11.8 Å². The number of benzene rings is 3. The lowest BCUT2D eigenvalue weighted by molar-refractivity contribution is 0.100. The van der Waals surface area contributed by atoms with Crippen molar-refractivity contribution >= 4 is 29.0 Å². The van der Waals surface area contributed by atoms with Crippen LogP contribution in [-0.4, -0.2) is 17.6 Å². The number of hydrogen-bond donors (Lipinski definition) is 2. The normalized spacial score (nSPS) is 10.1. The van der Waals surface area contributed by atoms with Crippen LogP contribution in [0.1, 0.15) is 38.0 Å². The molecular formula is C22H18N2O3. The van der Waals surface area contributed by atoms with E-state index in [0.29, 0.717) is 28.1 Å². The molecule has 0 aromatic heterocycles. The summed E-state index contributed by atoms with van der Waals surface area (Å²) in [7, 11) is 0. The molecule has 2 N–H and O–H groups in total. The van der Waals surface area contributed by atoms with Gasteiger partial charge in [-0.15, -0.1) is 0 Å². The summed E-state index contributed by atoms with van der Waals surface area (Å²) in [5, 5.41) is 5.53. The van der Waals surface area contributed by atoms with Gasteiger partial charge in [-0.05, 0) is 49.4 Å². The lowest BCUT2D eigenvalue weighted by atomic mass is 10.1. The second kappa shape index (κ2) is 8.10. The molecule has 3 aromatic carbocycles. The molecule has 0 atom stereocenters. The molecule has 5 heteroatoms. The lowest BCUT2D eigenvalue weighted by Crippen LogP contribution is -2.15. The van der Waals surface area contributed by atoms with E-state index >= 15 is 0 Å². The van der Waals surface area contributed by atoms with Crippen LogP contribution in [0.4, 0.5) is 11.4 Å². The Balaban J connectivity index is 1.74. The van der Waals surface area contributed by atoms with Crippen LogP contribution in [0.5, 0.6) is 0 Å². The quantitative estimate of drug-likeness (QED) is 0.664. The standard InChI is InChI=1S/C22H18N2O3/c1-15(25)16-7-6-12-20(14-16)24-22(27)18-9-5-8-17(13-18)21(26)23-19-10-3-2-4-11-19/h2-14H,1H3,(H,23,26)(H,24,27). The van der Waals surface area contributed by atoms with Crippen molar-refractivity contribution in [1.82, 2.24) is 0 Å². The maximum absolute atomic E-state index is 12.5. The first-order valence-electron chi connectivity index (χ1n) is 8.42. The molecule has 0 aliphatic carbocycles. The Bertz CT molecular complexity index is 997. The van der Waals surface area contributed by atoms with E-state index < -0.39 is 0 Å². The van der Waals surface area contributed by atoms with Crippen LogP contribution in [0.15, 0.2) is 78.9 Å². The molecule has 0 unspecified atom stereocenters. The van der Waals surface area contributed by atoms with Crippen molar-refractivity contribution in [3.05, 3.63) is 95.6 Å². The number of anilines is 2. The van der Waals surface area contributed by atoms with Gasteiger partial charge in [-0.1, -0.05) is 36.4 Å². The highest BCUT2D eigenvalue weighted by Crippen LogP contribution is 2.15. The minimum atomic E-state index is -0.356. The molecule has 3 rings (SSSR count). The second-order valence-electron chi connectivity index (χ2n) is 5.99. The summed E-state index contributed by atoms with van der Waals surface area (Å²) in [6.07, 6.45) is 0. The molecule has 27 heavy (non-hydrogen) atoms. The number of nitrogens with one attached hydrogen (secondary N) is 2. The second-order valence-corrected chi connectivity index (χ2v) is 5.99. The number of carbonyl (C=O) groups is 3. The molecule has 0 heterocycles. The van der Waals surface area contributed by atoms with Crippen molar-refractivity contribution in [2.24, 2.45) is 0 Å². The number of rotatable bonds is 5. The molecular weight excluding hydrogens is 340 g/mol. The Labute approximate surface area is 157 Å². The van der Waals surface area contributed by atoms with Gasteiger partial charge in [0.1, 0.15) is 0 Å². The van der Waals surface area contributed by atoms with E-state index in [4.69, 9.17) is 0 Å². The largest absolute Gasteiger partial charge is 0.322 e. The molecule has 0 saturated carbocycles. The van der Waals surface area contributed by atoms with Gasteiger partial charge in [0.15, 0.2) is 5.78 Å². The molecule has 0 fully saturated rings. The number of hydrogen-bond acceptors (Lipinski definition) is 3. The van der Waals surface area contributed by atoms with Crippen LogP contribution in [0, 0.1) is 0 Å². The van der Waals surface area contributed by atoms with Gasteiger partial charge < -0.3 is 10.6 Å². The fourth-order valence-electron chi connectivity index (χ4n) is 2.55. The zero-order chi connectivity index (χ0) is 19.2. The van der Waals surface area contributed by atoms with E-state index in [1.165, 1.54) is 13.0 Å². The predicted molar refractivity (Wildman–Crippen MR) is 105 cm³/mol. The van der Waals surface area contributed by atoms with Gasteiger partial charge in [0.05, 0.1) is 0 Å². The predicted octanol–water partition coefficient (Wildman–Crippen LogP) is 4.39. The Morgan fingerprint density at radius 3 is 1.74 bits per heavy atom. The Hall–Kier alpha value is -3.73. The van der Waals surface area contributed by atoms with E-state index in [0.717, 1.165) is 0 Å². The summed E-state index contributed by atoms with van der Waals surface area (Å²) in [5.74, 6) is -0.731. The first-order chi connectivity index (χ1) is 13.0. The highest BCUT2D eigenvalue weighted by molar-refractivity contribution is 6.09. The molecule has 0 saturated heterocycles. The maximum Gasteiger partial charge on any atom is 0.255 e. The van der Waals surface area contributed by atoms with Crippen molar-refractivity contribution in [2.75, 3.05) is 10.6 Å². The molecule has 0 aliphatic rings. The van der Waals surface area contributed by atoms with Crippen LogP contribution in [0.3, 0.4) is 0 Å². The van der Waals surface area contributed by atoms with Gasteiger partial charge in [0, 0.05) is 28.1 Å². The van der Waals surface area contributed by atoms with Crippen LogP contribution in [-0.2, 0) is 0 Å². The zero-order valence-corrected chi connectivity index (χ0v) is 14.7. The summed E-state index contributed by atoms with van der Waals surface area (Å²) >= 11 is 0. The zero-order valence-electron chi connectivity index (χ0n) is 14.7. The molecule has 0 aliphatic heterocycles. The number of carbonyl (C=O) groups excluding carboxylic acids is 3. The van der Waals surface area contributed by atoms with Crippen LogP contribution >= 0.6 is 0 Å². The smallest absolute Gasteiger partial charge is 0.255 e. The molecule has 5 nitrogen and oxygen atoms in total. The first kappa shape index (κ1) is 18.1. The molecule has 3 aromatic rings.